The molecule has 0 amide bonds. The standard InChI is InChI=1S/C7H7NO2S2/c9-4-2-1-3-6(5(4)10)12-7(11)8-3/h1-2,4-5,9-10H,(H,8,11)/t4-,5-/m0/s1. The first kappa shape index (κ1) is 8.12. The Kier molecular flexibility index (Phi) is 1.88. The zero-order valence-corrected chi connectivity index (χ0v) is 7.65. The average molecular weight is 201 g/mol. The van der Waals surface area contributed by atoms with Gasteiger partial charge in [-0.25, -0.2) is 0 Å². The molecule has 0 fully saturated rings. The van der Waals surface area contributed by atoms with E-state index in [2.05, 4.69) is 4.98 Å². The molecule has 12 heavy (non-hydrogen) atoms. The first-order valence-corrected chi connectivity index (χ1v) is 4.68. The topological polar surface area (TPSA) is 56.2 Å². The van der Waals surface area contributed by atoms with Crippen molar-refractivity contribution >= 4 is 29.6 Å². The van der Waals surface area contributed by atoms with Crippen molar-refractivity contribution in [1.29, 1.82) is 0 Å². The smallest absolute Gasteiger partial charge is 0.159 e. The van der Waals surface area contributed by atoms with Crippen molar-refractivity contribution in [1.82, 2.24) is 4.98 Å². The largest absolute Gasteiger partial charge is 0.386 e. The molecule has 0 radical (unpaired) electrons. The predicted molar refractivity (Wildman–Crippen MR) is 49.5 cm³/mol. The zero-order valence-electron chi connectivity index (χ0n) is 6.02. The summed E-state index contributed by atoms with van der Waals surface area (Å²) in [6.07, 6.45) is 1.64. The number of H-pyrrole nitrogens is 1. The van der Waals surface area contributed by atoms with Gasteiger partial charge in [0.15, 0.2) is 3.95 Å². The average Bonchev–Trinajstić information content (AvgIpc) is 2.39. The highest BCUT2D eigenvalue weighted by Crippen LogP contribution is 2.31. The molecular weight excluding hydrogens is 194 g/mol. The van der Waals surface area contributed by atoms with Crippen molar-refractivity contribution in [2.45, 2.75) is 12.2 Å². The molecular formula is C7H7NO2S2. The van der Waals surface area contributed by atoms with E-state index >= 15 is 0 Å². The highest BCUT2D eigenvalue weighted by atomic mass is 32.1. The molecule has 1 aromatic rings. The summed E-state index contributed by atoms with van der Waals surface area (Å²) < 4.78 is 0.623. The molecule has 2 rings (SSSR count). The summed E-state index contributed by atoms with van der Waals surface area (Å²) >= 11 is 6.21. The van der Waals surface area contributed by atoms with Gasteiger partial charge in [-0.3, -0.25) is 0 Å². The fourth-order valence-electron chi connectivity index (χ4n) is 1.15. The number of aliphatic hydroxyl groups is 2. The molecule has 0 saturated carbocycles. The van der Waals surface area contributed by atoms with Gasteiger partial charge in [0.1, 0.15) is 12.2 Å². The minimum absolute atomic E-state index is 0.623. The Bertz CT molecular complexity index is 379. The Morgan fingerprint density at radius 2 is 2.25 bits per heavy atom. The minimum atomic E-state index is -0.831. The molecule has 0 unspecified atom stereocenters. The van der Waals surface area contributed by atoms with Crippen LogP contribution in [0.5, 0.6) is 0 Å². The first-order valence-electron chi connectivity index (χ1n) is 3.46. The van der Waals surface area contributed by atoms with E-state index in [0.717, 1.165) is 10.6 Å². The number of hydrogen-bond donors (Lipinski definition) is 3. The molecule has 0 bridgehead atoms. The number of aliphatic hydroxyl groups excluding tert-OH is 2. The Morgan fingerprint density at radius 3 is 3.00 bits per heavy atom. The lowest BCUT2D eigenvalue weighted by Gasteiger charge is -2.17. The summed E-state index contributed by atoms with van der Waals surface area (Å²) in [4.78, 5) is 3.64. The van der Waals surface area contributed by atoms with Crippen molar-refractivity contribution in [2.75, 3.05) is 0 Å². The number of hydrogen-bond acceptors (Lipinski definition) is 4. The summed E-state index contributed by atoms with van der Waals surface area (Å²) in [5.41, 5.74) is 0.808. The third-order valence-corrected chi connectivity index (χ3v) is 3.08. The number of nitrogens with one attached hydrogen (secondary N) is 1. The second kappa shape index (κ2) is 2.77. The zero-order chi connectivity index (χ0) is 8.72. The summed E-state index contributed by atoms with van der Waals surface area (Å²) in [6, 6.07) is 0. The molecule has 0 saturated heterocycles. The van der Waals surface area contributed by atoms with Crippen LogP contribution in [-0.4, -0.2) is 21.3 Å². The number of aromatic nitrogens is 1. The van der Waals surface area contributed by atoms with E-state index in [1.165, 1.54) is 11.3 Å². The third-order valence-electron chi connectivity index (χ3n) is 1.76. The summed E-state index contributed by atoms with van der Waals surface area (Å²) in [6.45, 7) is 0. The molecule has 1 aliphatic carbocycles. The van der Waals surface area contributed by atoms with Crippen LogP contribution in [-0.2, 0) is 0 Å². The molecule has 5 heteroatoms. The second-order valence-corrected chi connectivity index (χ2v) is 4.31. The lowest BCUT2D eigenvalue weighted by molar-refractivity contribution is 0.0493. The molecule has 1 aromatic heterocycles. The fraction of sp³-hybridized carbons (Fsp3) is 0.286. The van der Waals surface area contributed by atoms with Crippen LogP contribution < -0.4 is 0 Å². The first-order chi connectivity index (χ1) is 5.68. The van der Waals surface area contributed by atoms with E-state index < -0.39 is 12.2 Å². The predicted octanol–water partition coefficient (Wildman–Crippen LogP) is 1.23. The normalized spacial score (nSPS) is 27.2. The van der Waals surface area contributed by atoms with Crippen LogP contribution in [0.3, 0.4) is 0 Å². The number of thiazole rings is 1. The van der Waals surface area contributed by atoms with E-state index in [1.54, 1.807) is 12.2 Å². The van der Waals surface area contributed by atoms with Gasteiger partial charge >= 0.3 is 0 Å². The van der Waals surface area contributed by atoms with Crippen LogP contribution in [0.1, 0.15) is 16.7 Å². The summed E-state index contributed by atoms with van der Waals surface area (Å²) in [5, 5.41) is 18.7. The van der Waals surface area contributed by atoms with E-state index in [9.17, 15) is 10.2 Å². The molecule has 1 heterocycles. The maximum absolute atomic E-state index is 9.49. The molecule has 0 aromatic carbocycles. The van der Waals surface area contributed by atoms with Crippen LogP contribution >= 0.6 is 23.6 Å². The van der Waals surface area contributed by atoms with Crippen molar-refractivity contribution in [3.63, 3.8) is 0 Å². The van der Waals surface area contributed by atoms with Gasteiger partial charge in [-0.1, -0.05) is 6.08 Å². The number of rotatable bonds is 0. The van der Waals surface area contributed by atoms with Gasteiger partial charge in [0.25, 0.3) is 0 Å². The van der Waals surface area contributed by atoms with Gasteiger partial charge in [0.2, 0.25) is 0 Å². The van der Waals surface area contributed by atoms with E-state index in [1.807, 2.05) is 0 Å². The molecule has 3 N–H and O–H groups in total. The van der Waals surface area contributed by atoms with Gasteiger partial charge in [0.05, 0.1) is 10.6 Å². The molecule has 1 aliphatic rings. The van der Waals surface area contributed by atoms with Gasteiger partial charge in [-0.05, 0) is 18.3 Å². The lowest BCUT2D eigenvalue weighted by Crippen LogP contribution is -2.17. The summed E-state index contributed by atoms with van der Waals surface area (Å²) in [5.74, 6) is 0. The minimum Gasteiger partial charge on any atom is -0.386 e. The Hall–Kier alpha value is -0.490. The Labute approximate surface area is 78.0 Å². The quantitative estimate of drug-likeness (QED) is 0.553. The van der Waals surface area contributed by atoms with E-state index in [4.69, 9.17) is 12.2 Å². The third kappa shape index (κ3) is 1.15. The Balaban J connectivity index is 2.57. The van der Waals surface area contributed by atoms with Gasteiger partial charge < -0.3 is 15.2 Å². The van der Waals surface area contributed by atoms with Gasteiger partial charge in [-0.15, -0.1) is 11.3 Å². The van der Waals surface area contributed by atoms with Crippen molar-refractivity contribution < 1.29 is 10.2 Å². The highest BCUT2D eigenvalue weighted by Gasteiger charge is 2.24. The molecule has 64 valence electrons. The van der Waals surface area contributed by atoms with Crippen molar-refractivity contribution in [3.05, 3.63) is 20.6 Å². The van der Waals surface area contributed by atoms with E-state index in [0.29, 0.717) is 3.95 Å². The van der Waals surface area contributed by atoms with Crippen LogP contribution in [0.25, 0.3) is 6.08 Å². The molecule has 0 aliphatic heterocycles. The SMILES string of the molecule is O[C@@H]1c2sc(=S)[nH]c2C=C[C@@H]1O. The molecule has 3 nitrogen and oxygen atoms in total. The van der Waals surface area contributed by atoms with Crippen LogP contribution in [0, 0.1) is 3.95 Å². The monoisotopic (exact) mass is 201 g/mol. The fourth-order valence-corrected chi connectivity index (χ4v) is 2.38. The maximum atomic E-state index is 9.49. The van der Waals surface area contributed by atoms with Crippen LogP contribution in [0.15, 0.2) is 6.08 Å². The van der Waals surface area contributed by atoms with Crippen LogP contribution in [0.4, 0.5) is 0 Å². The summed E-state index contributed by atoms with van der Waals surface area (Å²) in [7, 11) is 0. The molecule has 2 atom stereocenters. The van der Waals surface area contributed by atoms with Crippen LogP contribution in [0.2, 0.25) is 0 Å². The second-order valence-electron chi connectivity index (χ2n) is 2.59. The van der Waals surface area contributed by atoms with Crippen molar-refractivity contribution in [2.24, 2.45) is 0 Å². The number of fused-ring (bicyclic) bond motifs is 1. The number of aromatic amines is 1. The Morgan fingerprint density at radius 1 is 1.50 bits per heavy atom. The highest BCUT2D eigenvalue weighted by molar-refractivity contribution is 7.73. The maximum Gasteiger partial charge on any atom is 0.159 e. The van der Waals surface area contributed by atoms with Crippen molar-refractivity contribution in [3.8, 4) is 0 Å². The van der Waals surface area contributed by atoms with Gasteiger partial charge in [0, 0.05) is 0 Å². The molecule has 0 spiro atoms. The lowest BCUT2D eigenvalue weighted by atomic mass is 10.1. The van der Waals surface area contributed by atoms with E-state index in [-0.39, 0.29) is 0 Å². The van der Waals surface area contributed by atoms with Gasteiger partial charge in [-0.2, -0.15) is 0 Å².